The van der Waals surface area contributed by atoms with Gasteiger partial charge in [-0.05, 0) is 49.6 Å². The maximum atomic E-state index is 3.60. The Labute approximate surface area is 112 Å². The Morgan fingerprint density at radius 3 is 2.47 bits per heavy atom. The summed E-state index contributed by atoms with van der Waals surface area (Å²) >= 11 is 3.60. The molecule has 1 heterocycles. The third-order valence-electron chi connectivity index (χ3n) is 3.85. The van der Waals surface area contributed by atoms with Gasteiger partial charge in [-0.3, -0.25) is 0 Å². The summed E-state index contributed by atoms with van der Waals surface area (Å²) in [6.07, 6.45) is 2.74. The Hall–Kier alpha value is -0.540. The fourth-order valence-corrected chi connectivity index (χ4v) is 2.96. The number of hydrogen-bond acceptors (Lipinski definition) is 2. The van der Waals surface area contributed by atoms with Gasteiger partial charge in [0.05, 0.1) is 0 Å². The van der Waals surface area contributed by atoms with Crippen LogP contribution in [0.3, 0.4) is 0 Å². The number of benzene rings is 1. The topological polar surface area (TPSA) is 6.48 Å². The molecule has 0 atom stereocenters. The predicted molar refractivity (Wildman–Crippen MR) is 75.8 cm³/mol. The van der Waals surface area contributed by atoms with E-state index in [9.17, 15) is 0 Å². The SMILES string of the molecule is CN1CCN(c2ccc(Br)cc2C2CC2)CC1. The minimum absolute atomic E-state index is 0.821. The molecule has 1 aliphatic heterocycles. The fourth-order valence-electron chi connectivity index (χ4n) is 2.58. The van der Waals surface area contributed by atoms with Crippen molar-refractivity contribution < 1.29 is 0 Å². The molecule has 3 heteroatoms. The second-order valence-electron chi connectivity index (χ2n) is 5.27. The van der Waals surface area contributed by atoms with Gasteiger partial charge in [-0.25, -0.2) is 0 Å². The number of rotatable bonds is 2. The largest absolute Gasteiger partial charge is 0.369 e. The van der Waals surface area contributed by atoms with Crippen molar-refractivity contribution in [2.24, 2.45) is 0 Å². The molecule has 2 fully saturated rings. The van der Waals surface area contributed by atoms with Crippen LogP contribution in [0.25, 0.3) is 0 Å². The summed E-state index contributed by atoms with van der Waals surface area (Å²) in [6.45, 7) is 4.69. The quantitative estimate of drug-likeness (QED) is 0.827. The smallest absolute Gasteiger partial charge is 0.0403 e. The molecule has 2 nitrogen and oxygen atoms in total. The minimum atomic E-state index is 0.821. The first-order valence-corrected chi connectivity index (χ1v) is 7.26. The van der Waals surface area contributed by atoms with Gasteiger partial charge >= 0.3 is 0 Å². The third-order valence-corrected chi connectivity index (χ3v) is 4.34. The summed E-state index contributed by atoms with van der Waals surface area (Å²) in [4.78, 5) is 4.96. The van der Waals surface area contributed by atoms with Gasteiger partial charge in [-0.1, -0.05) is 15.9 Å². The highest BCUT2D eigenvalue weighted by atomic mass is 79.9. The highest BCUT2D eigenvalue weighted by molar-refractivity contribution is 9.10. The molecule has 0 radical (unpaired) electrons. The van der Waals surface area contributed by atoms with Crippen molar-refractivity contribution in [3.63, 3.8) is 0 Å². The van der Waals surface area contributed by atoms with E-state index >= 15 is 0 Å². The van der Waals surface area contributed by atoms with Gasteiger partial charge < -0.3 is 9.80 Å². The molecule has 0 bridgehead atoms. The first-order chi connectivity index (χ1) is 8.24. The molecule has 0 N–H and O–H groups in total. The first-order valence-electron chi connectivity index (χ1n) is 6.47. The van der Waals surface area contributed by atoms with Gasteiger partial charge in [-0.15, -0.1) is 0 Å². The van der Waals surface area contributed by atoms with E-state index in [-0.39, 0.29) is 0 Å². The molecule has 1 aromatic rings. The van der Waals surface area contributed by atoms with Crippen LogP contribution in [0.4, 0.5) is 5.69 Å². The maximum Gasteiger partial charge on any atom is 0.0403 e. The summed E-state index contributed by atoms with van der Waals surface area (Å²) in [5.74, 6) is 0.821. The van der Waals surface area contributed by atoms with E-state index in [1.165, 1.54) is 36.1 Å². The van der Waals surface area contributed by atoms with E-state index < -0.39 is 0 Å². The van der Waals surface area contributed by atoms with Crippen LogP contribution in [-0.2, 0) is 0 Å². The first kappa shape index (κ1) is 11.5. The molecule has 0 amide bonds. The average Bonchev–Trinajstić information content (AvgIpc) is 3.14. The Morgan fingerprint density at radius 1 is 1.12 bits per heavy atom. The van der Waals surface area contributed by atoms with E-state index in [0.29, 0.717) is 0 Å². The van der Waals surface area contributed by atoms with Crippen molar-refractivity contribution in [1.82, 2.24) is 4.90 Å². The third kappa shape index (κ3) is 2.50. The Kier molecular flexibility index (Phi) is 3.14. The van der Waals surface area contributed by atoms with Gasteiger partial charge in [0.25, 0.3) is 0 Å². The van der Waals surface area contributed by atoms with Crippen molar-refractivity contribution >= 4 is 21.6 Å². The summed E-state index contributed by atoms with van der Waals surface area (Å²) in [5.41, 5.74) is 3.03. The van der Waals surface area contributed by atoms with Gasteiger partial charge in [0.2, 0.25) is 0 Å². The number of hydrogen-bond donors (Lipinski definition) is 0. The monoisotopic (exact) mass is 294 g/mol. The Bertz CT molecular complexity index is 407. The molecule has 17 heavy (non-hydrogen) atoms. The van der Waals surface area contributed by atoms with Crippen LogP contribution in [0.15, 0.2) is 22.7 Å². The lowest BCUT2D eigenvalue weighted by molar-refractivity contribution is 0.312. The highest BCUT2D eigenvalue weighted by Gasteiger charge is 2.28. The van der Waals surface area contributed by atoms with E-state index in [2.05, 4.69) is 51.0 Å². The van der Waals surface area contributed by atoms with Crippen molar-refractivity contribution in [3.05, 3.63) is 28.2 Å². The van der Waals surface area contributed by atoms with Crippen LogP contribution < -0.4 is 4.90 Å². The second kappa shape index (κ2) is 4.62. The minimum Gasteiger partial charge on any atom is -0.369 e. The van der Waals surface area contributed by atoms with Gasteiger partial charge in [0.15, 0.2) is 0 Å². The van der Waals surface area contributed by atoms with Crippen LogP contribution in [0, 0.1) is 0 Å². The second-order valence-corrected chi connectivity index (χ2v) is 6.18. The summed E-state index contributed by atoms with van der Waals surface area (Å²) < 4.78 is 1.22. The molecule has 1 saturated heterocycles. The standard InChI is InChI=1S/C14H19BrN2/c1-16-6-8-17(9-7-16)14-5-4-12(15)10-13(14)11-2-3-11/h4-5,10-11H,2-3,6-9H2,1H3. The number of nitrogens with zero attached hydrogens (tertiary/aromatic N) is 2. The predicted octanol–water partition coefficient (Wildman–Crippen LogP) is 3.08. The van der Waals surface area contributed by atoms with Crippen molar-refractivity contribution in [3.8, 4) is 0 Å². The molecule has 92 valence electrons. The number of halogens is 1. The molecule has 0 unspecified atom stereocenters. The number of anilines is 1. The van der Waals surface area contributed by atoms with Crippen LogP contribution in [0.2, 0.25) is 0 Å². The number of likely N-dealkylation sites (N-methyl/N-ethyl adjacent to an activating group) is 1. The molecular weight excluding hydrogens is 276 g/mol. The van der Waals surface area contributed by atoms with Crippen molar-refractivity contribution in [2.75, 3.05) is 38.1 Å². The summed E-state index contributed by atoms with van der Waals surface area (Å²) in [7, 11) is 2.21. The van der Waals surface area contributed by atoms with Gasteiger partial charge in [-0.2, -0.15) is 0 Å². The zero-order valence-electron chi connectivity index (χ0n) is 10.3. The van der Waals surface area contributed by atoms with Crippen LogP contribution >= 0.6 is 15.9 Å². The van der Waals surface area contributed by atoms with Gasteiger partial charge in [0, 0.05) is 36.3 Å². The Morgan fingerprint density at radius 2 is 1.82 bits per heavy atom. The molecule has 2 aliphatic rings. The van der Waals surface area contributed by atoms with Crippen molar-refractivity contribution in [2.45, 2.75) is 18.8 Å². The molecule has 0 aromatic heterocycles. The maximum absolute atomic E-state index is 3.60. The molecule has 3 rings (SSSR count). The van der Waals surface area contributed by atoms with E-state index in [1.807, 2.05) is 0 Å². The zero-order chi connectivity index (χ0) is 11.8. The summed E-state index contributed by atoms with van der Waals surface area (Å²) in [5, 5.41) is 0. The number of piperazine rings is 1. The molecule has 0 spiro atoms. The highest BCUT2D eigenvalue weighted by Crippen LogP contribution is 2.45. The molecule has 1 aliphatic carbocycles. The molecular formula is C14H19BrN2. The van der Waals surface area contributed by atoms with Crippen LogP contribution in [0.5, 0.6) is 0 Å². The van der Waals surface area contributed by atoms with Crippen LogP contribution in [-0.4, -0.2) is 38.1 Å². The normalized spacial score (nSPS) is 21.9. The van der Waals surface area contributed by atoms with E-state index in [0.717, 1.165) is 19.0 Å². The fraction of sp³-hybridized carbons (Fsp3) is 0.571. The Balaban J connectivity index is 1.86. The lowest BCUT2D eigenvalue weighted by Gasteiger charge is -2.35. The summed E-state index contributed by atoms with van der Waals surface area (Å²) in [6, 6.07) is 6.80. The van der Waals surface area contributed by atoms with Crippen molar-refractivity contribution in [1.29, 1.82) is 0 Å². The zero-order valence-corrected chi connectivity index (χ0v) is 11.9. The molecule has 1 saturated carbocycles. The van der Waals surface area contributed by atoms with Crippen LogP contribution in [0.1, 0.15) is 24.3 Å². The lowest BCUT2D eigenvalue weighted by atomic mass is 10.1. The molecule has 1 aromatic carbocycles. The average molecular weight is 295 g/mol. The van der Waals surface area contributed by atoms with Gasteiger partial charge in [0.1, 0.15) is 0 Å². The van der Waals surface area contributed by atoms with E-state index in [1.54, 1.807) is 5.56 Å². The lowest BCUT2D eigenvalue weighted by Crippen LogP contribution is -2.44. The van der Waals surface area contributed by atoms with E-state index in [4.69, 9.17) is 0 Å².